The molecular weight excluding hydrogens is 360 g/mol. The van der Waals surface area contributed by atoms with Gasteiger partial charge in [-0.25, -0.2) is 0 Å². The molecule has 0 radical (unpaired) electrons. The van der Waals surface area contributed by atoms with Gasteiger partial charge in [-0.05, 0) is 49.7 Å². The number of rotatable bonds is 6. The first-order valence-corrected chi connectivity index (χ1v) is 9.72. The Morgan fingerprint density at radius 2 is 2.04 bits per heavy atom. The van der Waals surface area contributed by atoms with Crippen molar-refractivity contribution in [2.75, 3.05) is 25.6 Å². The highest BCUT2D eigenvalue weighted by molar-refractivity contribution is 7.17. The average molecular weight is 380 g/mol. The maximum atomic E-state index is 12.7. The second-order valence-corrected chi connectivity index (χ2v) is 7.66. The highest BCUT2D eigenvalue weighted by Crippen LogP contribution is 2.38. The molecule has 0 saturated carbocycles. The van der Waals surface area contributed by atoms with Crippen molar-refractivity contribution in [3.05, 3.63) is 26.6 Å². The van der Waals surface area contributed by atoms with Crippen molar-refractivity contribution in [1.82, 2.24) is 14.9 Å². The van der Waals surface area contributed by atoms with Crippen LogP contribution < -0.4 is 10.6 Å². The van der Waals surface area contributed by atoms with E-state index in [4.69, 9.17) is 4.74 Å². The number of carbonyl (C=O) groups is 2. The van der Waals surface area contributed by atoms with Crippen LogP contribution in [0, 0.1) is 6.92 Å². The van der Waals surface area contributed by atoms with Gasteiger partial charge in [-0.3, -0.25) is 9.59 Å². The first-order chi connectivity index (χ1) is 12.1. The Bertz CT molecular complexity index is 784. The lowest BCUT2D eigenvalue weighted by Gasteiger charge is -2.13. The molecule has 0 fully saturated rings. The number of ether oxygens (including phenoxy) is 1. The maximum Gasteiger partial charge on any atom is 0.269 e. The lowest BCUT2D eigenvalue weighted by molar-refractivity contribution is 0.0937. The Kier molecular flexibility index (Phi) is 5.77. The van der Waals surface area contributed by atoms with E-state index < -0.39 is 0 Å². The van der Waals surface area contributed by atoms with Crippen LogP contribution in [0.2, 0.25) is 0 Å². The molecule has 7 nitrogen and oxygen atoms in total. The molecule has 25 heavy (non-hydrogen) atoms. The number of hydrogen-bond donors (Lipinski definition) is 2. The lowest BCUT2D eigenvalue weighted by Crippen LogP contribution is -2.28. The molecule has 0 bridgehead atoms. The van der Waals surface area contributed by atoms with Crippen molar-refractivity contribution in [1.29, 1.82) is 0 Å². The molecule has 0 aromatic carbocycles. The number of fused-ring (bicyclic) bond motifs is 1. The van der Waals surface area contributed by atoms with E-state index in [2.05, 4.69) is 20.2 Å². The fraction of sp³-hybridized carbons (Fsp3) is 0.500. The zero-order chi connectivity index (χ0) is 17.8. The third kappa shape index (κ3) is 3.88. The summed E-state index contributed by atoms with van der Waals surface area (Å²) in [5.41, 5.74) is 2.26. The summed E-state index contributed by atoms with van der Waals surface area (Å²) in [6.07, 6.45) is 4.00. The van der Waals surface area contributed by atoms with Crippen molar-refractivity contribution in [3.63, 3.8) is 0 Å². The molecule has 0 aliphatic heterocycles. The summed E-state index contributed by atoms with van der Waals surface area (Å²) < 4.78 is 8.78. The summed E-state index contributed by atoms with van der Waals surface area (Å²) in [5, 5.41) is 10.2. The lowest BCUT2D eigenvalue weighted by atomic mass is 9.95. The van der Waals surface area contributed by atoms with Gasteiger partial charge in [-0.2, -0.15) is 0 Å². The molecule has 134 valence electrons. The number of aromatic nitrogens is 2. The first-order valence-electron chi connectivity index (χ1n) is 8.13. The van der Waals surface area contributed by atoms with Gasteiger partial charge in [0.05, 0.1) is 17.9 Å². The second kappa shape index (κ2) is 8.03. The molecule has 2 amide bonds. The maximum absolute atomic E-state index is 12.7. The van der Waals surface area contributed by atoms with E-state index in [-0.39, 0.29) is 11.8 Å². The SMILES string of the molecule is COCCNC(=O)c1c(NC(=O)c2snnc2C)sc2c1CCCC2. The highest BCUT2D eigenvalue weighted by atomic mass is 32.1. The van der Waals surface area contributed by atoms with Crippen molar-refractivity contribution < 1.29 is 14.3 Å². The van der Waals surface area contributed by atoms with Gasteiger partial charge in [0.2, 0.25) is 0 Å². The smallest absolute Gasteiger partial charge is 0.269 e. The van der Waals surface area contributed by atoms with Crippen LogP contribution in [0.3, 0.4) is 0 Å². The van der Waals surface area contributed by atoms with Gasteiger partial charge in [0.1, 0.15) is 9.88 Å². The third-order valence-electron chi connectivity index (χ3n) is 4.07. The summed E-state index contributed by atoms with van der Waals surface area (Å²) in [6.45, 7) is 2.63. The minimum Gasteiger partial charge on any atom is -0.383 e. The topological polar surface area (TPSA) is 93.2 Å². The van der Waals surface area contributed by atoms with Crippen LogP contribution in [0.5, 0.6) is 0 Å². The minimum atomic E-state index is -0.267. The molecule has 0 spiro atoms. The molecule has 2 heterocycles. The molecule has 0 unspecified atom stereocenters. The van der Waals surface area contributed by atoms with E-state index in [1.807, 2.05) is 0 Å². The van der Waals surface area contributed by atoms with Crippen LogP contribution in [0.15, 0.2) is 0 Å². The molecule has 0 saturated heterocycles. The van der Waals surface area contributed by atoms with Crippen molar-refractivity contribution in [3.8, 4) is 0 Å². The van der Waals surface area contributed by atoms with Gasteiger partial charge < -0.3 is 15.4 Å². The molecular formula is C16H20N4O3S2. The van der Waals surface area contributed by atoms with Crippen LogP contribution in [0.1, 0.15) is 49.0 Å². The molecule has 1 aliphatic carbocycles. The Morgan fingerprint density at radius 3 is 2.76 bits per heavy atom. The number of amides is 2. The van der Waals surface area contributed by atoms with Gasteiger partial charge in [0.25, 0.3) is 11.8 Å². The molecule has 1 aliphatic rings. The summed E-state index contributed by atoms with van der Waals surface area (Å²) in [5.74, 6) is -0.428. The Balaban J connectivity index is 1.87. The molecule has 2 aromatic heterocycles. The van der Waals surface area contributed by atoms with Gasteiger partial charge in [0.15, 0.2) is 0 Å². The Morgan fingerprint density at radius 1 is 1.24 bits per heavy atom. The van der Waals surface area contributed by atoms with Crippen LogP contribution in [-0.2, 0) is 17.6 Å². The van der Waals surface area contributed by atoms with E-state index in [1.165, 1.54) is 16.2 Å². The van der Waals surface area contributed by atoms with Crippen molar-refractivity contribution >= 4 is 39.7 Å². The number of anilines is 1. The number of methoxy groups -OCH3 is 1. The van der Waals surface area contributed by atoms with Crippen molar-refractivity contribution in [2.45, 2.75) is 32.6 Å². The van der Waals surface area contributed by atoms with Gasteiger partial charge in [-0.1, -0.05) is 4.49 Å². The van der Waals surface area contributed by atoms with Crippen LogP contribution >= 0.6 is 22.9 Å². The number of hydrogen-bond acceptors (Lipinski definition) is 7. The molecule has 2 aromatic rings. The Labute approximate surface area is 153 Å². The summed E-state index contributed by atoms with van der Waals surface area (Å²) in [7, 11) is 1.59. The zero-order valence-electron chi connectivity index (χ0n) is 14.2. The van der Waals surface area contributed by atoms with E-state index in [9.17, 15) is 9.59 Å². The summed E-state index contributed by atoms with van der Waals surface area (Å²) >= 11 is 2.56. The largest absolute Gasteiger partial charge is 0.383 e. The van der Waals surface area contributed by atoms with E-state index >= 15 is 0 Å². The number of nitrogens with one attached hydrogen (secondary N) is 2. The van der Waals surface area contributed by atoms with Gasteiger partial charge in [-0.15, -0.1) is 16.4 Å². The normalized spacial score (nSPS) is 13.4. The van der Waals surface area contributed by atoms with E-state index in [1.54, 1.807) is 14.0 Å². The molecule has 0 atom stereocenters. The summed E-state index contributed by atoms with van der Waals surface area (Å²) in [4.78, 5) is 26.9. The van der Waals surface area contributed by atoms with Crippen LogP contribution in [0.25, 0.3) is 0 Å². The first kappa shape index (κ1) is 18.0. The number of aryl methyl sites for hydroxylation is 2. The minimum absolute atomic E-state index is 0.161. The predicted octanol–water partition coefficient (Wildman–Crippen LogP) is 2.42. The highest BCUT2D eigenvalue weighted by Gasteiger charge is 2.27. The van der Waals surface area contributed by atoms with Gasteiger partial charge in [0, 0.05) is 18.5 Å². The van der Waals surface area contributed by atoms with Gasteiger partial charge >= 0.3 is 0 Å². The van der Waals surface area contributed by atoms with E-state index in [0.717, 1.165) is 42.8 Å². The molecule has 2 N–H and O–H groups in total. The standard InChI is InChI=1S/C16H20N4O3S2/c1-9-13(25-20-19-9)15(22)18-16-12(14(21)17-7-8-23-2)10-5-3-4-6-11(10)24-16/h3-8H2,1-2H3,(H,17,21)(H,18,22). The zero-order valence-corrected chi connectivity index (χ0v) is 15.8. The fourth-order valence-electron chi connectivity index (χ4n) is 2.85. The van der Waals surface area contributed by atoms with E-state index in [0.29, 0.717) is 34.3 Å². The monoisotopic (exact) mass is 380 g/mol. The summed E-state index contributed by atoms with van der Waals surface area (Å²) in [6, 6.07) is 0. The van der Waals surface area contributed by atoms with Crippen LogP contribution in [-0.4, -0.2) is 41.7 Å². The quantitative estimate of drug-likeness (QED) is 0.751. The third-order valence-corrected chi connectivity index (χ3v) is 6.11. The molecule has 9 heteroatoms. The van der Waals surface area contributed by atoms with Crippen LogP contribution in [0.4, 0.5) is 5.00 Å². The Hall–Kier alpha value is -1.84. The predicted molar refractivity (Wildman–Crippen MR) is 97.8 cm³/mol. The number of carbonyl (C=O) groups excluding carboxylic acids is 2. The number of thiophene rings is 1. The number of nitrogens with zero attached hydrogens (tertiary/aromatic N) is 2. The molecule has 3 rings (SSSR count). The van der Waals surface area contributed by atoms with Crippen molar-refractivity contribution in [2.24, 2.45) is 0 Å². The average Bonchev–Trinajstić information content (AvgIpc) is 3.18. The second-order valence-electron chi connectivity index (χ2n) is 5.81. The fourth-order valence-corrected chi connectivity index (χ4v) is 4.68.